The van der Waals surface area contributed by atoms with E-state index >= 15 is 0 Å². The Labute approximate surface area is 102 Å². The number of rotatable bonds is 3. The summed E-state index contributed by atoms with van der Waals surface area (Å²) >= 11 is 0. The second-order valence-electron chi connectivity index (χ2n) is 2.67. The van der Waals surface area contributed by atoms with Gasteiger partial charge in [0, 0.05) is 18.8 Å². The zero-order chi connectivity index (χ0) is 8.97. The Morgan fingerprint density at radius 1 is 1.23 bits per heavy atom. The average molecular weight is 187 g/mol. The molecule has 1 aromatic carbocycles. The molecule has 0 radical (unpaired) electrons. The molecule has 0 fully saturated rings. The maximum atomic E-state index is 11.0. The van der Waals surface area contributed by atoms with Crippen LogP contribution < -0.4 is 39.6 Å². The van der Waals surface area contributed by atoms with Crippen molar-refractivity contribution in [1.82, 2.24) is 0 Å². The Hall–Kier alpha value is -0.180. The standard InChI is InChI=1S/C10H15NO.Na/c1-3-11(4-2)9-6-5-7-10(12)8-9;/h5-8,12H,3-4H2,1-2H3;/q;+1/p-1. The van der Waals surface area contributed by atoms with Gasteiger partial charge in [0.05, 0.1) is 0 Å². The summed E-state index contributed by atoms with van der Waals surface area (Å²) in [7, 11) is 0. The predicted molar refractivity (Wildman–Crippen MR) is 49.4 cm³/mol. The fourth-order valence-electron chi connectivity index (χ4n) is 1.27. The van der Waals surface area contributed by atoms with Gasteiger partial charge in [0.25, 0.3) is 0 Å². The summed E-state index contributed by atoms with van der Waals surface area (Å²) in [5.74, 6) is 0.0828. The molecule has 0 bridgehead atoms. The van der Waals surface area contributed by atoms with Crippen LogP contribution in [0.2, 0.25) is 0 Å². The number of benzene rings is 1. The fraction of sp³-hybridized carbons (Fsp3) is 0.400. The monoisotopic (exact) mass is 187 g/mol. The van der Waals surface area contributed by atoms with Crippen molar-refractivity contribution in [3.05, 3.63) is 24.3 Å². The van der Waals surface area contributed by atoms with E-state index in [9.17, 15) is 5.11 Å². The number of hydrogen-bond donors (Lipinski definition) is 0. The zero-order valence-corrected chi connectivity index (χ0v) is 10.6. The predicted octanol–water partition coefficient (Wildman–Crippen LogP) is -1.39. The second-order valence-corrected chi connectivity index (χ2v) is 2.67. The molecule has 0 unspecified atom stereocenters. The number of nitrogens with zero attached hydrogens (tertiary/aromatic N) is 1. The van der Waals surface area contributed by atoms with Gasteiger partial charge in [-0.25, -0.2) is 0 Å². The molecule has 0 saturated heterocycles. The first kappa shape index (κ1) is 12.8. The summed E-state index contributed by atoms with van der Waals surface area (Å²) in [4.78, 5) is 2.15. The van der Waals surface area contributed by atoms with Gasteiger partial charge in [-0.2, -0.15) is 0 Å². The quantitative estimate of drug-likeness (QED) is 0.545. The maximum absolute atomic E-state index is 11.0. The third-order valence-corrected chi connectivity index (χ3v) is 1.95. The third-order valence-electron chi connectivity index (χ3n) is 1.95. The van der Waals surface area contributed by atoms with Gasteiger partial charge in [-0.05, 0) is 26.0 Å². The SMILES string of the molecule is CCN(CC)c1cccc([O-])c1.[Na+]. The molecule has 0 aliphatic rings. The van der Waals surface area contributed by atoms with Crippen molar-refractivity contribution in [3.8, 4) is 5.75 Å². The van der Waals surface area contributed by atoms with Crippen molar-refractivity contribution in [2.24, 2.45) is 0 Å². The van der Waals surface area contributed by atoms with E-state index < -0.39 is 0 Å². The largest absolute Gasteiger partial charge is 1.00 e. The summed E-state index contributed by atoms with van der Waals surface area (Å²) in [6.45, 7) is 6.06. The molecule has 13 heavy (non-hydrogen) atoms. The van der Waals surface area contributed by atoms with Gasteiger partial charge in [-0.15, -0.1) is 5.75 Å². The molecule has 1 aromatic rings. The van der Waals surface area contributed by atoms with Crippen LogP contribution in [0.1, 0.15) is 13.8 Å². The van der Waals surface area contributed by atoms with Crippen LogP contribution in [0.25, 0.3) is 0 Å². The van der Waals surface area contributed by atoms with E-state index in [0.717, 1.165) is 18.8 Å². The van der Waals surface area contributed by atoms with E-state index in [1.807, 2.05) is 6.07 Å². The van der Waals surface area contributed by atoms with Crippen molar-refractivity contribution < 1.29 is 34.7 Å². The molecule has 0 amide bonds. The zero-order valence-electron chi connectivity index (χ0n) is 8.58. The molecule has 0 aliphatic heterocycles. The first-order valence-electron chi connectivity index (χ1n) is 4.30. The van der Waals surface area contributed by atoms with Crippen LogP contribution in [0, 0.1) is 0 Å². The molecule has 0 atom stereocenters. The Bertz CT molecular complexity index is 248. The molecule has 0 N–H and O–H groups in total. The van der Waals surface area contributed by atoms with Crippen molar-refractivity contribution in [2.45, 2.75) is 13.8 Å². The van der Waals surface area contributed by atoms with E-state index in [2.05, 4.69) is 18.7 Å². The van der Waals surface area contributed by atoms with Crippen LogP contribution in [-0.4, -0.2) is 13.1 Å². The second kappa shape index (κ2) is 6.30. The molecule has 0 spiro atoms. The molecule has 2 nitrogen and oxygen atoms in total. The fourth-order valence-corrected chi connectivity index (χ4v) is 1.27. The maximum Gasteiger partial charge on any atom is 1.00 e. The molecule has 3 heteroatoms. The van der Waals surface area contributed by atoms with Crippen molar-refractivity contribution >= 4 is 5.69 Å². The van der Waals surface area contributed by atoms with Gasteiger partial charge in [-0.3, -0.25) is 0 Å². The number of anilines is 1. The summed E-state index contributed by atoms with van der Waals surface area (Å²) in [5.41, 5.74) is 1.02. The third kappa shape index (κ3) is 3.59. The molecule has 0 aromatic heterocycles. The summed E-state index contributed by atoms with van der Waals surface area (Å²) in [6.07, 6.45) is 0. The van der Waals surface area contributed by atoms with Crippen molar-refractivity contribution in [3.63, 3.8) is 0 Å². The van der Waals surface area contributed by atoms with Gasteiger partial charge in [0.15, 0.2) is 0 Å². The first-order valence-corrected chi connectivity index (χ1v) is 4.30. The van der Waals surface area contributed by atoms with E-state index in [0.29, 0.717) is 0 Å². The molecule has 0 aliphatic carbocycles. The van der Waals surface area contributed by atoms with Gasteiger partial charge in [-0.1, -0.05) is 12.1 Å². The van der Waals surface area contributed by atoms with Crippen LogP contribution in [0.4, 0.5) is 5.69 Å². The molecular weight excluding hydrogens is 173 g/mol. The summed E-state index contributed by atoms with van der Waals surface area (Å²) < 4.78 is 0. The summed E-state index contributed by atoms with van der Waals surface area (Å²) in [6, 6.07) is 7.02. The minimum Gasteiger partial charge on any atom is -0.872 e. The van der Waals surface area contributed by atoms with Gasteiger partial charge in [0.2, 0.25) is 0 Å². The van der Waals surface area contributed by atoms with Gasteiger partial charge in [0.1, 0.15) is 0 Å². The molecule has 0 heterocycles. The summed E-state index contributed by atoms with van der Waals surface area (Å²) in [5, 5.41) is 11.0. The van der Waals surface area contributed by atoms with Crippen LogP contribution in [0.3, 0.4) is 0 Å². The van der Waals surface area contributed by atoms with E-state index in [1.54, 1.807) is 18.2 Å². The topological polar surface area (TPSA) is 26.3 Å². The van der Waals surface area contributed by atoms with E-state index in [1.165, 1.54) is 0 Å². The normalized spacial score (nSPS) is 9.08. The molecule has 0 saturated carbocycles. The van der Waals surface area contributed by atoms with E-state index in [-0.39, 0.29) is 35.3 Å². The van der Waals surface area contributed by atoms with Gasteiger partial charge >= 0.3 is 29.6 Å². The van der Waals surface area contributed by atoms with Crippen LogP contribution in [0.15, 0.2) is 24.3 Å². The molecular formula is C10H14NNaO. The van der Waals surface area contributed by atoms with Crippen LogP contribution in [-0.2, 0) is 0 Å². The average Bonchev–Trinajstić information content (AvgIpc) is 2.07. The Balaban J connectivity index is 0.00000144. The molecule has 1 rings (SSSR count). The Kier molecular flexibility index (Phi) is 6.21. The first-order chi connectivity index (χ1) is 5.77. The smallest absolute Gasteiger partial charge is 0.872 e. The van der Waals surface area contributed by atoms with Crippen molar-refractivity contribution in [2.75, 3.05) is 18.0 Å². The Morgan fingerprint density at radius 2 is 1.85 bits per heavy atom. The van der Waals surface area contributed by atoms with E-state index in [4.69, 9.17) is 0 Å². The van der Waals surface area contributed by atoms with Crippen LogP contribution in [0.5, 0.6) is 5.75 Å². The Morgan fingerprint density at radius 3 is 2.31 bits per heavy atom. The minimum atomic E-state index is 0. The minimum absolute atomic E-state index is 0. The molecule has 66 valence electrons. The van der Waals surface area contributed by atoms with Gasteiger partial charge < -0.3 is 10.0 Å². The van der Waals surface area contributed by atoms with Crippen molar-refractivity contribution in [1.29, 1.82) is 0 Å². The number of hydrogen-bond acceptors (Lipinski definition) is 2. The van der Waals surface area contributed by atoms with Crippen LogP contribution >= 0.6 is 0 Å².